The maximum atomic E-state index is 12.0. The van der Waals surface area contributed by atoms with Crippen LogP contribution < -0.4 is 10.6 Å². The van der Waals surface area contributed by atoms with Gasteiger partial charge in [-0.3, -0.25) is 14.9 Å². The van der Waals surface area contributed by atoms with Gasteiger partial charge in [0.2, 0.25) is 5.91 Å². The van der Waals surface area contributed by atoms with E-state index in [4.69, 9.17) is 0 Å². The molecule has 6 heteroatoms. The number of nitrogens with one attached hydrogen (secondary N) is 2. The molecule has 1 heterocycles. The number of amides is 4. The van der Waals surface area contributed by atoms with Crippen molar-refractivity contribution in [2.75, 3.05) is 7.05 Å². The number of hydrogen-bond acceptors (Lipinski definition) is 3. The number of carbonyl (C=O) groups is 3. The Morgan fingerprint density at radius 3 is 2.53 bits per heavy atom. The van der Waals surface area contributed by atoms with Gasteiger partial charge in [0, 0.05) is 13.6 Å². The minimum atomic E-state index is -0.766. The van der Waals surface area contributed by atoms with E-state index in [0.717, 1.165) is 5.56 Å². The zero-order valence-corrected chi connectivity index (χ0v) is 10.6. The van der Waals surface area contributed by atoms with Gasteiger partial charge in [-0.05, 0) is 5.56 Å². The highest BCUT2D eigenvalue weighted by Gasteiger charge is 2.31. The molecule has 0 bridgehead atoms. The summed E-state index contributed by atoms with van der Waals surface area (Å²) in [5, 5.41) is 4.51. The van der Waals surface area contributed by atoms with Crippen molar-refractivity contribution in [3.8, 4) is 0 Å². The standard InChI is InChI=1S/C13H15N3O3/c1-16(8-9-5-3-2-4-6-9)11(17)7-10-12(18)15-13(19)14-10/h2-6,10H,7-8H2,1H3,(H2,14,15,18,19). The average Bonchev–Trinajstić information content (AvgIpc) is 2.69. The molecule has 19 heavy (non-hydrogen) atoms. The van der Waals surface area contributed by atoms with Gasteiger partial charge in [0.1, 0.15) is 6.04 Å². The lowest BCUT2D eigenvalue weighted by Gasteiger charge is -2.18. The van der Waals surface area contributed by atoms with E-state index in [2.05, 4.69) is 10.6 Å². The normalized spacial score (nSPS) is 17.8. The van der Waals surface area contributed by atoms with Crippen molar-refractivity contribution in [2.45, 2.75) is 19.0 Å². The maximum Gasteiger partial charge on any atom is 0.322 e. The number of nitrogens with zero attached hydrogens (tertiary/aromatic N) is 1. The van der Waals surface area contributed by atoms with E-state index in [1.54, 1.807) is 7.05 Å². The van der Waals surface area contributed by atoms with Crippen LogP contribution in [0.15, 0.2) is 30.3 Å². The fourth-order valence-electron chi connectivity index (χ4n) is 1.88. The second-order valence-electron chi connectivity index (χ2n) is 4.45. The maximum absolute atomic E-state index is 12.0. The molecule has 1 saturated heterocycles. The molecule has 0 aliphatic carbocycles. The molecule has 0 saturated carbocycles. The molecule has 2 N–H and O–H groups in total. The molecular weight excluding hydrogens is 246 g/mol. The number of hydrogen-bond donors (Lipinski definition) is 2. The molecule has 2 rings (SSSR count). The van der Waals surface area contributed by atoms with E-state index in [-0.39, 0.29) is 12.3 Å². The molecule has 1 fully saturated rings. The SMILES string of the molecule is CN(Cc1ccccc1)C(=O)CC1NC(=O)NC1=O. The molecule has 0 spiro atoms. The van der Waals surface area contributed by atoms with Crippen LogP contribution in [0.25, 0.3) is 0 Å². The van der Waals surface area contributed by atoms with E-state index in [1.807, 2.05) is 30.3 Å². The van der Waals surface area contributed by atoms with Crippen LogP contribution in [-0.2, 0) is 16.1 Å². The van der Waals surface area contributed by atoms with Gasteiger partial charge in [-0.15, -0.1) is 0 Å². The first-order valence-corrected chi connectivity index (χ1v) is 5.95. The number of benzene rings is 1. The average molecular weight is 261 g/mol. The third-order valence-electron chi connectivity index (χ3n) is 2.93. The van der Waals surface area contributed by atoms with Crippen molar-refractivity contribution in [2.24, 2.45) is 0 Å². The smallest absolute Gasteiger partial charge is 0.322 e. The Labute approximate surface area is 110 Å². The number of rotatable bonds is 4. The Balaban J connectivity index is 1.89. The Kier molecular flexibility index (Phi) is 3.79. The summed E-state index contributed by atoms with van der Waals surface area (Å²) in [7, 11) is 1.67. The van der Waals surface area contributed by atoms with Gasteiger partial charge in [-0.2, -0.15) is 0 Å². The van der Waals surface area contributed by atoms with Crippen LogP contribution in [0, 0.1) is 0 Å². The van der Waals surface area contributed by atoms with Crippen LogP contribution in [0.4, 0.5) is 4.79 Å². The van der Waals surface area contributed by atoms with Gasteiger partial charge < -0.3 is 10.2 Å². The molecule has 1 atom stereocenters. The molecule has 100 valence electrons. The third kappa shape index (κ3) is 3.31. The second-order valence-corrected chi connectivity index (χ2v) is 4.45. The van der Waals surface area contributed by atoms with E-state index in [1.165, 1.54) is 4.90 Å². The quantitative estimate of drug-likeness (QED) is 0.762. The summed E-state index contributed by atoms with van der Waals surface area (Å²) in [6.07, 6.45) is -0.0269. The Hall–Kier alpha value is -2.37. The van der Waals surface area contributed by atoms with Crippen molar-refractivity contribution in [1.82, 2.24) is 15.5 Å². The highest BCUT2D eigenvalue weighted by atomic mass is 16.2. The molecule has 1 aromatic carbocycles. The summed E-state index contributed by atoms with van der Waals surface area (Å²) in [6, 6.07) is 8.24. The minimum Gasteiger partial charge on any atom is -0.341 e. The lowest BCUT2D eigenvalue weighted by molar-refractivity contribution is -0.133. The van der Waals surface area contributed by atoms with Crippen LogP contribution in [-0.4, -0.2) is 35.8 Å². The number of carbonyl (C=O) groups excluding carboxylic acids is 3. The van der Waals surface area contributed by atoms with E-state index < -0.39 is 18.0 Å². The predicted octanol–water partition coefficient (Wildman–Crippen LogP) is 0.243. The van der Waals surface area contributed by atoms with Crippen molar-refractivity contribution < 1.29 is 14.4 Å². The minimum absolute atomic E-state index is 0.0269. The van der Waals surface area contributed by atoms with E-state index in [0.29, 0.717) is 6.54 Å². The van der Waals surface area contributed by atoms with Gasteiger partial charge >= 0.3 is 6.03 Å². The van der Waals surface area contributed by atoms with Crippen LogP contribution in [0.5, 0.6) is 0 Å². The monoisotopic (exact) mass is 261 g/mol. The molecule has 0 aromatic heterocycles. The summed E-state index contributed by atoms with van der Waals surface area (Å²) < 4.78 is 0. The molecule has 1 aliphatic heterocycles. The van der Waals surface area contributed by atoms with Crippen molar-refractivity contribution in [1.29, 1.82) is 0 Å². The van der Waals surface area contributed by atoms with Crippen molar-refractivity contribution in [3.05, 3.63) is 35.9 Å². The van der Waals surface area contributed by atoms with Crippen LogP contribution in [0.2, 0.25) is 0 Å². The van der Waals surface area contributed by atoms with Crippen molar-refractivity contribution in [3.63, 3.8) is 0 Å². The van der Waals surface area contributed by atoms with Crippen molar-refractivity contribution >= 4 is 17.8 Å². The Bertz CT molecular complexity index is 501. The molecule has 6 nitrogen and oxygen atoms in total. The molecular formula is C13H15N3O3. The second kappa shape index (κ2) is 5.51. The number of urea groups is 1. The van der Waals surface area contributed by atoms with Gasteiger partial charge in [0.25, 0.3) is 5.91 Å². The molecule has 4 amide bonds. The Morgan fingerprint density at radius 2 is 1.95 bits per heavy atom. The molecule has 1 aromatic rings. The zero-order valence-electron chi connectivity index (χ0n) is 10.6. The first-order valence-electron chi connectivity index (χ1n) is 5.95. The highest BCUT2D eigenvalue weighted by molar-refractivity contribution is 6.05. The van der Waals surface area contributed by atoms with Crippen LogP contribution >= 0.6 is 0 Å². The first-order chi connectivity index (χ1) is 9.06. The molecule has 1 aliphatic rings. The summed E-state index contributed by atoms with van der Waals surface area (Å²) in [6.45, 7) is 0.474. The lowest BCUT2D eigenvalue weighted by Crippen LogP contribution is -2.36. The fraction of sp³-hybridized carbons (Fsp3) is 0.308. The molecule has 0 radical (unpaired) electrons. The first kappa shape index (κ1) is 13.1. The fourth-order valence-corrected chi connectivity index (χ4v) is 1.88. The van der Waals surface area contributed by atoms with Gasteiger partial charge in [-0.25, -0.2) is 4.79 Å². The third-order valence-corrected chi connectivity index (χ3v) is 2.93. The van der Waals surface area contributed by atoms with E-state index in [9.17, 15) is 14.4 Å². The predicted molar refractivity (Wildman–Crippen MR) is 68.0 cm³/mol. The number of imide groups is 1. The summed E-state index contributed by atoms with van der Waals surface area (Å²) >= 11 is 0. The molecule has 1 unspecified atom stereocenters. The topological polar surface area (TPSA) is 78.5 Å². The summed E-state index contributed by atoms with van der Waals surface area (Å²) in [5.41, 5.74) is 1.01. The van der Waals surface area contributed by atoms with E-state index >= 15 is 0 Å². The van der Waals surface area contributed by atoms with Gasteiger partial charge in [-0.1, -0.05) is 30.3 Å². The van der Waals surface area contributed by atoms with Gasteiger partial charge in [0.15, 0.2) is 0 Å². The Morgan fingerprint density at radius 1 is 1.26 bits per heavy atom. The zero-order chi connectivity index (χ0) is 13.8. The van der Waals surface area contributed by atoms with Gasteiger partial charge in [0.05, 0.1) is 6.42 Å². The largest absolute Gasteiger partial charge is 0.341 e. The van der Waals surface area contributed by atoms with Crippen LogP contribution in [0.3, 0.4) is 0 Å². The van der Waals surface area contributed by atoms with Crippen LogP contribution in [0.1, 0.15) is 12.0 Å². The lowest BCUT2D eigenvalue weighted by atomic mass is 10.1. The summed E-state index contributed by atoms with van der Waals surface area (Å²) in [5.74, 6) is -0.641. The highest BCUT2D eigenvalue weighted by Crippen LogP contribution is 2.06. The summed E-state index contributed by atoms with van der Waals surface area (Å²) in [4.78, 5) is 35.8.